The van der Waals surface area contributed by atoms with Crippen molar-refractivity contribution in [2.75, 3.05) is 11.4 Å². The Morgan fingerprint density at radius 1 is 1.35 bits per heavy atom. The van der Waals surface area contributed by atoms with E-state index in [1.807, 2.05) is 0 Å². The van der Waals surface area contributed by atoms with Crippen LogP contribution in [0.1, 0.15) is 0 Å². The maximum Gasteiger partial charge on any atom is 0.292 e. The van der Waals surface area contributed by atoms with Gasteiger partial charge >= 0.3 is 0 Å². The summed E-state index contributed by atoms with van der Waals surface area (Å²) in [5.74, 6) is 0.350. The third-order valence-corrected chi connectivity index (χ3v) is 2.84. The van der Waals surface area contributed by atoms with Gasteiger partial charge in [0.1, 0.15) is 5.69 Å². The molecule has 0 unspecified atom stereocenters. The van der Waals surface area contributed by atoms with Crippen LogP contribution in [-0.2, 0) is 0 Å². The number of para-hydroxylation sites is 2. The highest BCUT2D eigenvalue weighted by atomic mass is 35.5. The lowest BCUT2D eigenvalue weighted by molar-refractivity contribution is -0.384. The molecule has 0 fully saturated rings. The second kappa shape index (κ2) is 6.12. The summed E-state index contributed by atoms with van der Waals surface area (Å²) in [6.07, 6.45) is 4.55. The van der Waals surface area contributed by atoms with Crippen molar-refractivity contribution in [1.29, 1.82) is 0 Å². The van der Waals surface area contributed by atoms with Crippen LogP contribution in [0.15, 0.2) is 49.3 Å². The molecule has 102 valence electrons. The van der Waals surface area contributed by atoms with E-state index in [9.17, 15) is 10.1 Å². The number of hydrogen-bond acceptors (Lipinski definition) is 5. The van der Waals surface area contributed by atoms with Crippen LogP contribution in [0, 0.1) is 10.1 Å². The molecule has 2 rings (SSSR count). The molecular formula is C13H11ClN4O2. The highest BCUT2D eigenvalue weighted by molar-refractivity contribution is 6.31. The molecule has 6 nitrogen and oxygen atoms in total. The standard InChI is InChI=1S/C13H11ClN4O2/c1-2-9-17(13-12(14)15-7-8-16-13)10-5-3-4-6-11(10)18(19)20/h2-8H,1,9H2. The molecule has 20 heavy (non-hydrogen) atoms. The Bertz CT molecular complexity index is 648. The van der Waals surface area contributed by atoms with Crippen LogP contribution in [0.5, 0.6) is 0 Å². The molecule has 0 bridgehead atoms. The maximum atomic E-state index is 11.1. The highest BCUT2D eigenvalue weighted by Crippen LogP contribution is 2.34. The Hall–Kier alpha value is -2.47. The van der Waals surface area contributed by atoms with Crippen molar-refractivity contribution in [3.63, 3.8) is 0 Å². The minimum Gasteiger partial charge on any atom is -0.314 e. The lowest BCUT2D eigenvalue weighted by Gasteiger charge is -2.22. The molecule has 0 aliphatic carbocycles. The SMILES string of the molecule is C=CCN(c1ccccc1[N+](=O)[O-])c1nccnc1Cl. The van der Waals surface area contributed by atoms with Gasteiger partial charge in [0.2, 0.25) is 0 Å². The lowest BCUT2D eigenvalue weighted by Crippen LogP contribution is -2.20. The van der Waals surface area contributed by atoms with Crippen molar-refractivity contribution in [3.05, 3.63) is 64.6 Å². The number of halogens is 1. The molecule has 2 aromatic rings. The Labute approximate surface area is 120 Å². The van der Waals surface area contributed by atoms with E-state index >= 15 is 0 Å². The minimum atomic E-state index is -0.449. The van der Waals surface area contributed by atoms with E-state index in [0.717, 1.165) is 0 Å². The molecule has 0 aliphatic rings. The van der Waals surface area contributed by atoms with Crippen LogP contribution in [-0.4, -0.2) is 21.4 Å². The molecule has 0 atom stereocenters. The first-order valence-corrected chi connectivity index (χ1v) is 6.11. The van der Waals surface area contributed by atoms with Gasteiger partial charge in [-0.3, -0.25) is 10.1 Å². The van der Waals surface area contributed by atoms with Gasteiger partial charge in [-0.25, -0.2) is 9.97 Å². The molecule has 0 saturated carbocycles. The molecule has 7 heteroatoms. The van der Waals surface area contributed by atoms with Gasteiger partial charge in [0, 0.05) is 25.0 Å². The van der Waals surface area contributed by atoms with E-state index in [1.165, 1.54) is 18.5 Å². The van der Waals surface area contributed by atoms with Crippen molar-refractivity contribution < 1.29 is 4.92 Å². The molecule has 0 aliphatic heterocycles. The van der Waals surface area contributed by atoms with E-state index < -0.39 is 4.92 Å². The van der Waals surface area contributed by atoms with Crippen LogP contribution < -0.4 is 4.90 Å². The largest absolute Gasteiger partial charge is 0.314 e. The summed E-state index contributed by atoms with van der Waals surface area (Å²) in [6, 6.07) is 6.37. The van der Waals surface area contributed by atoms with Crippen LogP contribution in [0.4, 0.5) is 17.2 Å². The fourth-order valence-corrected chi connectivity index (χ4v) is 1.98. The van der Waals surface area contributed by atoms with Crippen molar-refractivity contribution in [1.82, 2.24) is 9.97 Å². The summed E-state index contributed by atoms with van der Waals surface area (Å²) >= 11 is 6.02. The second-order valence-corrected chi connectivity index (χ2v) is 4.17. The Balaban J connectivity index is 2.58. The van der Waals surface area contributed by atoms with E-state index in [1.54, 1.807) is 29.2 Å². The van der Waals surface area contributed by atoms with Gasteiger partial charge < -0.3 is 4.90 Å². The number of anilines is 2. The van der Waals surface area contributed by atoms with E-state index in [0.29, 0.717) is 18.1 Å². The molecule has 1 aromatic carbocycles. The topological polar surface area (TPSA) is 72.2 Å². The quantitative estimate of drug-likeness (QED) is 0.479. The predicted octanol–water partition coefficient (Wildman–Crippen LogP) is 3.36. The number of rotatable bonds is 5. The molecule has 1 aromatic heterocycles. The van der Waals surface area contributed by atoms with E-state index in [-0.39, 0.29) is 10.8 Å². The van der Waals surface area contributed by atoms with Gasteiger partial charge in [-0.05, 0) is 6.07 Å². The van der Waals surface area contributed by atoms with Crippen LogP contribution in [0.25, 0.3) is 0 Å². The van der Waals surface area contributed by atoms with Gasteiger partial charge in [-0.2, -0.15) is 0 Å². The minimum absolute atomic E-state index is 0.0314. The monoisotopic (exact) mass is 290 g/mol. The molecule has 0 spiro atoms. The van der Waals surface area contributed by atoms with Gasteiger partial charge in [0.05, 0.1) is 4.92 Å². The summed E-state index contributed by atoms with van der Waals surface area (Å²) in [5.41, 5.74) is 0.357. The van der Waals surface area contributed by atoms with Crippen molar-refractivity contribution in [2.45, 2.75) is 0 Å². The van der Waals surface area contributed by atoms with Crippen molar-refractivity contribution >= 4 is 28.8 Å². The number of hydrogen-bond donors (Lipinski definition) is 0. The zero-order valence-corrected chi connectivity index (χ0v) is 11.2. The Kier molecular flexibility index (Phi) is 4.27. The zero-order valence-electron chi connectivity index (χ0n) is 10.4. The summed E-state index contributed by atoms with van der Waals surface area (Å²) in [7, 11) is 0. The molecule has 0 radical (unpaired) electrons. The number of nitrogens with zero attached hydrogens (tertiary/aromatic N) is 4. The first-order valence-electron chi connectivity index (χ1n) is 5.73. The van der Waals surface area contributed by atoms with Crippen molar-refractivity contribution in [3.8, 4) is 0 Å². The fourth-order valence-electron chi connectivity index (χ4n) is 1.77. The average molecular weight is 291 g/mol. The van der Waals surface area contributed by atoms with Gasteiger partial charge in [-0.15, -0.1) is 6.58 Å². The molecule has 0 N–H and O–H groups in total. The number of aromatic nitrogens is 2. The maximum absolute atomic E-state index is 11.1. The van der Waals surface area contributed by atoms with Gasteiger partial charge in [0.25, 0.3) is 5.69 Å². The van der Waals surface area contributed by atoms with Crippen LogP contribution in [0.3, 0.4) is 0 Å². The Morgan fingerprint density at radius 3 is 2.70 bits per heavy atom. The Morgan fingerprint density at radius 2 is 2.05 bits per heavy atom. The molecule has 1 heterocycles. The van der Waals surface area contributed by atoms with Crippen molar-refractivity contribution in [2.24, 2.45) is 0 Å². The normalized spacial score (nSPS) is 10.1. The number of nitro groups is 1. The molecular weight excluding hydrogens is 280 g/mol. The number of nitro benzene ring substituents is 1. The summed E-state index contributed by atoms with van der Waals surface area (Å²) in [5, 5.41) is 11.3. The fraction of sp³-hybridized carbons (Fsp3) is 0.0769. The van der Waals surface area contributed by atoms with Gasteiger partial charge in [0.15, 0.2) is 11.0 Å². The summed E-state index contributed by atoms with van der Waals surface area (Å²) in [4.78, 5) is 20.4. The predicted molar refractivity (Wildman–Crippen MR) is 77.3 cm³/mol. The number of benzene rings is 1. The van der Waals surface area contributed by atoms with E-state index in [2.05, 4.69) is 16.5 Å². The van der Waals surface area contributed by atoms with Crippen LogP contribution >= 0.6 is 11.6 Å². The zero-order chi connectivity index (χ0) is 14.5. The average Bonchev–Trinajstić information content (AvgIpc) is 2.46. The van der Waals surface area contributed by atoms with E-state index in [4.69, 9.17) is 11.6 Å². The third-order valence-electron chi connectivity index (χ3n) is 2.57. The van der Waals surface area contributed by atoms with Gasteiger partial charge in [-0.1, -0.05) is 29.8 Å². The second-order valence-electron chi connectivity index (χ2n) is 3.82. The highest BCUT2D eigenvalue weighted by Gasteiger charge is 2.22. The molecule has 0 saturated heterocycles. The first-order chi connectivity index (χ1) is 9.65. The first kappa shape index (κ1) is 14.0. The smallest absolute Gasteiger partial charge is 0.292 e. The third kappa shape index (κ3) is 2.75. The summed E-state index contributed by atoms with van der Waals surface area (Å²) < 4.78 is 0. The summed E-state index contributed by atoms with van der Waals surface area (Å²) in [6.45, 7) is 3.98. The lowest BCUT2D eigenvalue weighted by atomic mass is 10.2. The molecule has 0 amide bonds. The van der Waals surface area contributed by atoms with Crippen LogP contribution in [0.2, 0.25) is 5.15 Å².